The maximum absolute atomic E-state index is 13.1. The quantitative estimate of drug-likeness (QED) is 0.247. The van der Waals surface area contributed by atoms with Crippen molar-refractivity contribution in [1.82, 2.24) is 9.47 Å². The number of aryl methyl sites for hydroxylation is 2. The van der Waals surface area contributed by atoms with Gasteiger partial charge in [0.05, 0.1) is 11.6 Å². The Morgan fingerprint density at radius 3 is 2.44 bits per heavy atom. The van der Waals surface area contributed by atoms with Gasteiger partial charge in [-0.2, -0.15) is 0 Å². The summed E-state index contributed by atoms with van der Waals surface area (Å²) in [6, 6.07) is 10.4. The minimum Gasteiger partial charge on any atom is -0.505 e. The topological polar surface area (TPSA) is 128 Å². The van der Waals surface area contributed by atoms with Gasteiger partial charge in [0.25, 0.3) is 5.56 Å². The van der Waals surface area contributed by atoms with Crippen molar-refractivity contribution in [2.75, 3.05) is 13.1 Å². The molecule has 1 aliphatic rings. The second-order valence-corrected chi connectivity index (χ2v) is 11.0. The molecule has 0 spiro atoms. The number of phenolic OH excluding ortho intramolecular Hbond substituents is 1. The molecular formula is C32H40N4O5. The Balaban J connectivity index is 1.72. The summed E-state index contributed by atoms with van der Waals surface area (Å²) in [7, 11) is 0. The van der Waals surface area contributed by atoms with Crippen molar-refractivity contribution < 1.29 is 20.1 Å². The van der Waals surface area contributed by atoms with E-state index in [1.54, 1.807) is 25.1 Å². The predicted molar refractivity (Wildman–Crippen MR) is 159 cm³/mol. The number of aliphatic carboxylic acids is 1. The highest BCUT2D eigenvalue weighted by molar-refractivity contribution is 5.70. The van der Waals surface area contributed by atoms with Crippen molar-refractivity contribution in [1.29, 1.82) is 0 Å². The Kier molecular flexibility index (Phi) is 9.28. The molecule has 0 bridgehead atoms. The maximum atomic E-state index is 13.1. The molecule has 41 heavy (non-hydrogen) atoms. The second-order valence-electron chi connectivity index (χ2n) is 11.0. The van der Waals surface area contributed by atoms with Crippen LogP contribution in [0.2, 0.25) is 0 Å². The average molecular weight is 561 g/mol. The lowest BCUT2D eigenvalue weighted by molar-refractivity contribution is -0.143. The summed E-state index contributed by atoms with van der Waals surface area (Å²) >= 11 is 0. The molecule has 1 fully saturated rings. The van der Waals surface area contributed by atoms with Crippen LogP contribution in [0.25, 0.3) is 5.69 Å². The fourth-order valence-corrected chi connectivity index (χ4v) is 5.73. The summed E-state index contributed by atoms with van der Waals surface area (Å²) in [5.74, 6) is -1.71. The molecule has 4 rings (SSSR count). The molecule has 1 saturated carbocycles. The van der Waals surface area contributed by atoms with E-state index in [1.165, 1.54) is 10.6 Å². The number of para-hydroxylation sites is 1. The lowest BCUT2D eigenvalue weighted by Crippen LogP contribution is -2.23. The van der Waals surface area contributed by atoms with E-state index in [2.05, 4.69) is 35.9 Å². The Hall–Kier alpha value is -3.98. The number of rotatable bonds is 9. The number of carbonyl (C=O) groups is 1. The van der Waals surface area contributed by atoms with Crippen molar-refractivity contribution in [3.05, 3.63) is 74.6 Å². The van der Waals surface area contributed by atoms with Gasteiger partial charge in [0.1, 0.15) is 17.1 Å². The summed E-state index contributed by atoms with van der Waals surface area (Å²) in [6.07, 6.45) is 2.66. The van der Waals surface area contributed by atoms with Gasteiger partial charge >= 0.3 is 5.97 Å². The van der Waals surface area contributed by atoms with E-state index < -0.39 is 11.9 Å². The molecule has 0 amide bonds. The number of hydrogen-bond donors (Lipinski definition) is 3. The molecule has 2 atom stereocenters. The van der Waals surface area contributed by atoms with Gasteiger partial charge < -0.3 is 15.3 Å². The fourth-order valence-electron chi connectivity index (χ4n) is 5.73. The van der Waals surface area contributed by atoms with E-state index in [0.717, 1.165) is 49.2 Å². The molecule has 1 aliphatic carbocycles. The van der Waals surface area contributed by atoms with Crippen molar-refractivity contribution >= 4 is 17.3 Å². The molecule has 2 aromatic carbocycles. The van der Waals surface area contributed by atoms with Gasteiger partial charge in [-0.25, -0.2) is 4.57 Å². The van der Waals surface area contributed by atoms with Crippen molar-refractivity contribution in [2.45, 2.75) is 72.8 Å². The number of hydrogen-bond acceptors (Lipinski definition) is 7. The molecule has 218 valence electrons. The van der Waals surface area contributed by atoms with E-state index in [9.17, 15) is 24.9 Å². The third-order valence-corrected chi connectivity index (χ3v) is 8.43. The zero-order valence-corrected chi connectivity index (χ0v) is 24.5. The zero-order valence-electron chi connectivity index (χ0n) is 24.5. The molecule has 3 aromatic rings. The van der Waals surface area contributed by atoms with Crippen LogP contribution in [-0.4, -0.2) is 43.8 Å². The number of nitrogens with zero attached hydrogens (tertiary/aromatic N) is 4. The SMILES string of the molecule is CCN(CC)Cc1cc(-n2c(O)c(N=Nc3cccc(C4CCCC(C(=O)O)C4)c3O)c(C)cc2=O)cc(C)c1C. The zero-order chi connectivity index (χ0) is 29.8. The van der Waals surface area contributed by atoms with Crippen LogP contribution in [0.15, 0.2) is 51.4 Å². The first kappa shape index (κ1) is 30.0. The van der Waals surface area contributed by atoms with Gasteiger partial charge in [0.2, 0.25) is 5.88 Å². The molecule has 0 saturated heterocycles. The standard InChI is InChI=1S/C32H40N4O5/c1-6-35(7-2)18-24-17-25(14-19(3)21(24)5)36-28(37)15-20(4)29(31(36)39)34-33-27-13-9-12-26(30(27)38)22-10-8-11-23(16-22)32(40)41/h9,12-15,17,22-23,38-39H,6-8,10-11,16,18H2,1-5H3,(H,40,41). The molecule has 1 heterocycles. The first-order chi connectivity index (χ1) is 19.5. The van der Waals surface area contributed by atoms with Crippen LogP contribution < -0.4 is 5.56 Å². The van der Waals surface area contributed by atoms with Gasteiger partial charge in [-0.15, -0.1) is 10.2 Å². The van der Waals surface area contributed by atoms with Crippen LogP contribution >= 0.6 is 0 Å². The molecule has 0 aliphatic heterocycles. The molecular weight excluding hydrogens is 520 g/mol. The Labute approximate surface area is 240 Å². The maximum Gasteiger partial charge on any atom is 0.306 e. The fraction of sp³-hybridized carbons (Fsp3) is 0.438. The summed E-state index contributed by atoms with van der Waals surface area (Å²) in [6.45, 7) is 12.5. The van der Waals surface area contributed by atoms with Crippen LogP contribution in [0.1, 0.15) is 73.3 Å². The lowest BCUT2D eigenvalue weighted by atomic mass is 9.77. The van der Waals surface area contributed by atoms with Gasteiger partial charge in [0.15, 0.2) is 0 Å². The number of pyridine rings is 1. The number of aromatic nitrogens is 1. The summed E-state index contributed by atoms with van der Waals surface area (Å²) in [5, 5.41) is 40.3. The highest BCUT2D eigenvalue weighted by Gasteiger charge is 2.29. The van der Waals surface area contributed by atoms with E-state index >= 15 is 0 Å². The van der Waals surface area contributed by atoms with Crippen LogP contribution in [0.4, 0.5) is 11.4 Å². The minimum atomic E-state index is -0.810. The molecule has 9 nitrogen and oxygen atoms in total. The Morgan fingerprint density at radius 1 is 1.02 bits per heavy atom. The smallest absolute Gasteiger partial charge is 0.306 e. The monoisotopic (exact) mass is 560 g/mol. The lowest BCUT2D eigenvalue weighted by Gasteiger charge is -2.27. The second kappa shape index (κ2) is 12.7. The minimum absolute atomic E-state index is 0.0482. The Morgan fingerprint density at radius 2 is 1.76 bits per heavy atom. The molecule has 2 unspecified atom stereocenters. The average Bonchev–Trinajstić information content (AvgIpc) is 2.94. The first-order valence-electron chi connectivity index (χ1n) is 14.3. The van der Waals surface area contributed by atoms with Gasteiger partial charge in [-0.05, 0) is 105 Å². The van der Waals surface area contributed by atoms with Gasteiger partial charge in [-0.3, -0.25) is 14.5 Å². The highest BCUT2D eigenvalue weighted by Crippen LogP contribution is 2.43. The van der Waals surface area contributed by atoms with Crippen molar-refractivity contribution in [3.8, 4) is 17.3 Å². The third-order valence-electron chi connectivity index (χ3n) is 8.43. The number of phenols is 1. The van der Waals surface area contributed by atoms with Gasteiger partial charge in [0, 0.05) is 12.6 Å². The highest BCUT2D eigenvalue weighted by atomic mass is 16.4. The first-order valence-corrected chi connectivity index (χ1v) is 14.3. The summed E-state index contributed by atoms with van der Waals surface area (Å²) in [5.41, 5.74) is 4.83. The van der Waals surface area contributed by atoms with Crippen LogP contribution in [0.3, 0.4) is 0 Å². The van der Waals surface area contributed by atoms with E-state index in [-0.39, 0.29) is 34.5 Å². The molecule has 3 N–H and O–H groups in total. The van der Waals surface area contributed by atoms with Crippen LogP contribution in [-0.2, 0) is 11.3 Å². The normalized spacial score (nSPS) is 17.4. The molecule has 9 heteroatoms. The third kappa shape index (κ3) is 6.35. The van der Waals surface area contributed by atoms with E-state index in [4.69, 9.17) is 0 Å². The number of carboxylic acids is 1. The number of benzene rings is 2. The molecule has 0 radical (unpaired) electrons. The molecule has 1 aromatic heterocycles. The van der Waals surface area contributed by atoms with E-state index in [0.29, 0.717) is 29.7 Å². The Bertz CT molecular complexity index is 1520. The number of aromatic hydroxyl groups is 2. The number of carboxylic acid groups (broad SMARTS) is 1. The van der Waals surface area contributed by atoms with E-state index in [1.807, 2.05) is 19.1 Å². The van der Waals surface area contributed by atoms with Gasteiger partial charge in [-0.1, -0.05) is 32.4 Å². The largest absolute Gasteiger partial charge is 0.505 e. The van der Waals surface area contributed by atoms with Crippen molar-refractivity contribution in [2.24, 2.45) is 16.1 Å². The van der Waals surface area contributed by atoms with Crippen LogP contribution in [0, 0.1) is 26.7 Å². The summed E-state index contributed by atoms with van der Waals surface area (Å²) < 4.78 is 1.24. The van der Waals surface area contributed by atoms with Crippen molar-refractivity contribution in [3.63, 3.8) is 0 Å². The number of azo groups is 1. The summed E-state index contributed by atoms with van der Waals surface area (Å²) in [4.78, 5) is 26.9. The van der Waals surface area contributed by atoms with Crippen LogP contribution in [0.5, 0.6) is 11.6 Å². The predicted octanol–water partition coefficient (Wildman–Crippen LogP) is 6.79.